The van der Waals surface area contributed by atoms with Crippen LogP contribution in [0.4, 0.5) is 0 Å². The van der Waals surface area contributed by atoms with E-state index in [9.17, 15) is 0 Å². The Balaban J connectivity index is 0.000000980. The first-order valence-electron chi connectivity index (χ1n) is 9.89. The Morgan fingerprint density at radius 1 is 1.00 bits per heavy atom. The number of hydrogen-bond donors (Lipinski definition) is 0. The van der Waals surface area contributed by atoms with Crippen LogP contribution in [0, 0.1) is 17.8 Å². The van der Waals surface area contributed by atoms with Gasteiger partial charge >= 0.3 is 0 Å². The number of hydrogen-bond acceptors (Lipinski definition) is 1. The molecule has 3 atom stereocenters. The van der Waals surface area contributed by atoms with Gasteiger partial charge in [0.05, 0.1) is 0 Å². The third-order valence-corrected chi connectivity index (χ3v) is 5.11. The largest absolute Gasteiger partial charge is 0.292 e. The van der Waals surface area contributed by atoms with E-state index in [1.54, 1.807) is 0 Å². The van der Waals surface area contributed by atoms with Gasteiger partial charge in [-0.05, 0) is 64.2 Å². The zero-order valence-electron chi connectivity index (χ0n) is 17.4. The van der Waals surface area contributed by atoms with Crippen LogP contribution in [0.15, 0.2) is 0 Å². The predicted molar refractivity (Wildman–Crippen MR) is 102 cm³/mol. The number of likely N-dealkylation sites (tertiary alicyclic amines) is 1. The molecule has 0 aliphatic carbocycles. The van der Waals surface area contributed by atoms with E-state index in [1.807, 2.05) is 0 Å². The minimum atomic E-state index is 0.439. The monoisotopic (exact) mass is 311 g/mol. The van der Waals surface area contributed by atoms with Crippen molar-refractivity contribution >= 4 is 0 Å². The average molecular weight is 312 g/mol. The van der Waals surface area contributed by atoms with Crippen molar-refractivity contribution in [3.8, 4) is 0 Å². The molecule has 0 bridgehead atoms. The van der Waals surface area contributed by atoms with Crippen LogP contribution in [-0.4, -0.2) is 22.5 Å². The summed E-state index contributed by atoms with van der Waals surface area (Å²) in [6, 6.07) is 1.46. The Bertz CT molecular complexity index is 279. The highest BCUT2D eigenvalue weighted by Gasteiger charge is 2.44. The first-order valence-corrected chi connectivity index (χ1v) is 9.89. The minimum Gasteiger partial charge on any atom is -0.292 e. The Hall–Kier alpha value is -0.0400. The molecule has 0 aromatic rings. The fourth-order valence-corrected chi connectivity index (χ4v) is 4.48. The van der Waals surface area contributed by atoms with Crippen LogP contribution in [0.1, 0.15) is 101 Å². The molecule has 0 amide bonds. The second kappa shape index (κ2) is 9.96. The second-order valence-electron chi connectivity index (χ2n) is 8.90. The van der Waals surface area contributed by atoms with Crippen LogP contribution in [0.2, 0.25) is 0 Å². The molecule has 22 heavy (non-hydrogen) atoms. The van der Waals surface area contributed by atoms with Crippen LogP contribution in [-0.2, 0) is 0 Å². The van der Waals surface area contributed by atoms with Gasteiger partial charge in [0.1, 0.15) is 0 Å². The first kappa shape index (κ1) is 22.0. The van der Waals surface area contributed by atoms with Crippen LogP contribution in [0.25, 0.3) is 0 Å². The normalized spacial score (nSPS) is 29.9. The molecule has 1 heterocycles. The molecule has 1 heteroatoms. The van der Waals surface area contributed by atoms with Crippen molar-refractivity contribution in [2.75, 3.05) is 0 Å². The van der Waals surface area contributed by atoms with Gasteiger partial charge in [-0.15, -0.1) is 0 Å². The Labute approximate surface area is 142 Å². The molecule has 1 rings (SSSR count). The maximum Gasteiger partial charge on any atom is 0.0187 e. The zero-order valence-corrected chi connectivity index (χ0v) is 17.4. The molecule has 0 aromatic carbocycles. The van der Waals surface area contributed by atoms with Gasteiger partial charge in [0.2, 0.25) is 0 Å². The zero-order chi connectivity index (χ0) is 17.5. The second-order valence-corrected chi connectivity index (χ2v) is 8.90. The van der Waals surface area contributed by atoms with E-state index in [0.717, 1.165) is 23.8 Å². The molecule has 134 valence electrons. The minimum absolute atomic E-state index is 0.439. The van der Waals surface area contributed by atoms with Crippen molar-refractivity contribution in [2.24, 2.45) is 17.8 Å². The van der Waals surface area contributed by atoms with Crippen LogP contribution in [0.3, 0.4) is 0 Å². The lowest BCUT2D eigenvalue weighted by Crippen LogP contribution is -2.61. The van der Waals surface area contributed by atoms with Gasteiger partial charge in [0.15, 0.2) is 0 Å². The van der Waals surface area contributed by atoms with Gasteiger partial charge in [0, 0.05) is 17.6 Å². The first-order chi connectivity index (χ1) is 10.1. The summed E-state index contributed by atoms with van der Waals surface area (Å²) < 4.78 is 0. The smallest absolute Gasteiger partial charge is 0.0187 e. The summed E-state index contributed by atoms with van der Waals surface area (Å²) in [6.45, 7) is 23.3. The maximum atomic E-state index is 2.87. The SMILES string of the molecule is CC(C)C.CCCC1(C)CCC(C(C)C)C(CC)N1C(C)C. The number of nitrogens with zero attached hydrogens (tertiary/aromatic N) is 1. The van der Waals surface area contributed by atoms with Crippen LogP contribution >= 0.6 is 0 Å². The van der Waals surface area contributed by atoms with Gasteiger partial charge in [-0.1, -0.05) is 54.9 Å². The summed E-state index contributed by atoms with van der Waals surface area (Å²) in [5, 5.41) is 0. The summed E-state index contributed by atoms with van der Waals surface area (Å²) in [5.41, 5.74) is 0.439. The summed E-state index contributed by atoms with van der Waals surface area (Å²) >= 11 is 0. The van der Waals surface area contributed by atoms with Gasteiger partial charge in [-0.3, -0.25) is 4.90 Å². The van der Waals surface area contributed by atoms with Crippen molar-refractivity contribution in [2.45, 2.75) is 119 Å². The number of rotatable bonds is 5. The van der Waals surface area contributed by atoms with Crippen molar-refractivity contribution in [1.82, 2.24) is 4.90 Å². The van der Waals surface area contributed by atoms with E-state index in [2.05, 4.69) is 74.1 Å². The fourth-order valence-electron chi connectivity index (χ4n) is 4.48. The third kappa shape index (κ3) is 6.22. The molecule has 0 N–H and O–H groups in total. The summed E-state index contributed by atoms with van der Waals surface area (Å²) in [5.74, 6) is 2.55. The molecule has 0 radical (unpaired) electrons. The molecule has 3 unspecified atom stereocenters. The van der Waals surface area contributed by atoms with Crippen molar-refractivity contribution in [1.29, 1.82) is 0 Å². The molecule has 1 aliphatic rings. The molecule has 0 saturated carbocycles. The molecule has 1 saturated heterocycles. The van der Waals surface area contributed by atoms with E-state index >= 15 is 0 Å². The van der Waals surface area contributed by atoms with Crippen LogP contribution in [0.5, 0.6) is 0 Å². The summed E-state index contributed by atoms with van der Waals surface area (Å²) in [7, 11) is 0. The lowest BCUT2D eigenvalue weighted by molar-refractivity contribution is -0.0627. The van der Waals surface area contributed by atoms with E-state index in [-0.39, 0.29) is 0 Å². The van der Waals surface area contributed by atoms with Crippen molar-refractivity contribution in [3.05, 3.63) is 0 Å². The topological polar surface area (TPSA) is 3.24 Å². The lowest BCUT2D eigenvalue weighted by atomic mass is 9.71. The van der Waals surface area contributed by atoms with Crippen molar-refractivity contribution < 1.29 is 0 Å². The molecule has 0 aromatic heterocycles. The molecular formula is C21H45N. The van der Waals surface area contributed by atoms with Crippen molar-refractivity contribution in [3.63, 3.8) is 0 Å². The van der Waals surface area contributed by atoms with Crippen LogP contribution < -0.4 is 0 Å². The average Bonchev–Trinajstić information content (AvgIpc) is 2.36. The Kier molecular flexibility index (Phi) is 9.94. The van der Waals surface area contributed by atoms with E-state index in [1.165, 1.54) is 32.1 Å². The standard InChI is InChI=1S/C17H35N.C4H10/c1-8-11-17(7)12-10-15(13(3)4)16(9-2)18(17)14(5)6;1-4(2)3/h13-16H,8-12H2,1-7H3;4H,1-3H3. The molecule has 1 nitrogen and oxygen atoms in total. The highest BCUT2D eigenvalue weighted by molar-refractivity contribution is 4.99. The van der Waals surface area contributed by atoms with Gasteiger partial charge < -0.3 is 0 Å². The van der Waals surface area contributed by atoms with E-state index < -0.39 is 0 Å². The van der Waals surface area contributed by atoms with Gasteiger partial charge in [0.25, 0.3) is 0 Å². The third-order valence-electron chi connectivity index (χ3n) is 5.11. The van der Waals surface area contributed by atoms with E-state index in [4.69, 9.17) is 0 Å². The Morgan fingerprint density at radius 3 is 1.82 bits per heavy atom. The molecule has 1 aliphatic heterocycles. The maximum absolute atomic E-state index is 2.87. The number of piperidine rings is 1. The molecule has 1 fully saturated rings. The lowest BCUT2D eigenvalue weighted by Gasteiger charge is -2.56. The quantitative estimate of drug-likeness (QED) is 0.542. The van der Waals surface area contributed by atoms with Gasteiger partial charge in [-0.25, -0.2) is 0 Å². The summed E-state index contributed by atoms with van der Waals surface area (Å²) in [6.07, 6.45) is 6.78. The predicted octanol–water partition coefficient (Wildman–Crippen LogP) is 6.76. The highest BCUT2D eigenvalue weighted by Crippen LogP contribution is 2.43. The van der Waals surface area contributed by atoms with Gasteiger partial charge in [-0.2, -0.15) is 0 Å². The summed E-state index contributed by atoms with van der Waals surface area (Å²) in [4.78, 5) is 2.87. The fraction of sp³-hybridized carbons (Fsp3) is 1.00. The molecular weight excluding hydrogens is 266 g/mol. The Morgan fingerprint density at radius 2 is 1.50 bits per heavy atom. The molecule has 0 spiro atoms. The highest BCUT2D eigenvalue weighted by atomic mass is 15.3. The van der Waals surface area contributed by atoms with E-state index in [0.29, 0.717) is 11.6 Å².